The van der Waals surface area contributed by atoms with Gasteiger partial charge in [-0.25, -0.2) is 4.79 Å². The van der Waals surface area contributed by atoms with Gasteiger partial charge in [0.05, 0.1) is 19.3 Å². The maximum Gasteiger partial charge on any atom is 0.513 e. The van der Waals surface area contributed by atoms with Gasteiger partial charge in [-0.3, -0.25) is 0 Å². The largest absolute Gasteiger partial charge is 0.513 e. The van der Waals surface area contributed by atoms with Gasteiger partial charge in [0.2, 0.25) is 0 Å². The first-order chi connectivity index (χ1) is 13.0. The van der Waals surface area contributed by atoms with E-state index in [1.165, 1.54) is 18.2 Å². The highest BCUT2D eigenvalue weighted by molar-refractivity contribution is 5.65. The van der Waals surface area contributed by atoms with Crippen LogP contribution in [0.5, 0.6) is 17.2 Å². The van der Waals surface area contributed by atoms with E-state index in [0.717, 1.165) is 24.2 Å². The van der Waals surface area contributed by atoms with Gasteiger partial charge in [0.25, 0.3) is 0 Å². The Labute approximate surface area is 161 Å². The lowest BCUT2D eigenvalue weighted by molar-refractivity contribution is 0.120. The van der Waals surface area contributed by atoms with Gasteiger partial charge in [0.15, 0.2) is 0 Å². The van der Waals surface area contributed by atoms with E-state index in [-0.39, 0.29) is 6.61 Å². The molecule has 0 fully saturated rings. The van der Waals surface area contributed by atoms with E-state index >= 15 is 0 Å². The highest BCUT2D eigenvalue weighted by Crippen LogP contribution is 2.32. The number of carbonyl (C=O) groups is 1. The van der Waals surface area contributed by atoms with Crippen LogP contribution in [0.15, 0.2) is 30.3 Å². The minimum absolute atomic E-state index is 0.223. The Bertz CT molecular complexity index is 783. The monoisotopic (exact) mass is 372 g/mol. The van der Waals surface area contributed by atoms with Crippen LogP contribution in [0, 0.1) is 6.92 Å². The van der Waals surface area contributed by atoms with Crippen molar-refractivity contribution in [3.63, 3.8) is 0 Å². The first-order valence-corrected chi connectivity index (χ1v) is 9.29. The minimum atomic E-state index is -0.776. The van der Waals surface area contributed by atoms with Crippen LogP contribution in [0.2, 0.25) is 0 Å². The number of aryl methyl sites for hydroxylation is 3. The van der Waals surface area contributed by atoms with Crippen molar-refractivity contribution < 1.29 is 23.7 Å². The third-order valence-corrected chi connectivity index (χ3v) is 4.40. The smallest absolute Gasteiger partial charge is 0.493 e. The summed E-state index contributed by atoms with van der Waals surface area (Å²) in [7, 11) is 1.27. The molecule has 0 radical (unpaired) electrons. The van der Waals surface area contributed by atoms with Gasteiger partial charge in [0, 0.05) is 0 Å². The molecule has 0 aromatic heterocycles. The lowest BCUT2D eigenvalue weighted by Crippen LogP contribution is -2.11. The Hall–Kier alpha value is -2.69. The van der Waals surface area contributed by atoms with Gasteiger partial charge in [-0.2, -0.15) is 0 Å². The number of carbonyl (C=O) groups excluding carboxylic acids is 1. The molecule has 2 aromatic carbocycles. The van der Waals surface area contributed by atoms with Crippen LogP contribution < -0.4 is 14.2 Å². The molecule has 0 aliphatic carbocycles. The van der Waals surface area contributed by atoms with Crippen LogP contribution >= 0.6 is 0 Å². The Balaban J connectivity index is 2.33. The summed E-state index contributed by atoms with van der Waals surface area (Å²) in [6.07, 6.45) is 1.09. The zero-order chi connectivity index (χ0) is 19.8. The molecule has 0 atom stereocenters. The van der Waals surface area contributed by atoms with Crippen LogP contribution in [-0.2, 0) is 24.2 Å². The number of hydrogen-bond acceptors (Lipinski definition) is 5. The molecule has 0 heterocycles. The Kier molecular flexibility index (Phi) is 7.53. The lowest BCUT2D eigenvalue weighted by Gasteiger charge is -2.17. The standard InChI is InChI=1S/C22H28O5/c1-6-16-13-17(7-2)21(12-15(16)4)26-14-18-19(25-8-3)10-9-11-20(18)27-22(23)24-5/h9-13H,6-8,14H2,1-5H3. The van der Waals surface area contributed by atoms with E-state index in [4.69, 9.17) is 14.2 Å². The molecule has 146 valence electrons. The average Bonchev–Trinajstić information content (AvgIpc) is 2.67. The molecule has 5 heteroatoms. The van der Waals surface area contributed by atoms with Crippen LogP contribution in [0.25, 0.3) is 0 Å². The van der Waals surface area contributed by atoms with E-state index in [1.807, 2.05) is 13.0 Å². The molecular weight excluding hydrogens is 344 g/mol. The summed E-state index contributed by atoms with van der Waals surface area (Å²) < 4.78 is 21.7. The van der Waals surface area contributed by atoms with Crippen molar-refractivity contribution >= 4 is 6.16 Å². The summed E-state index contributed by atoms with van der Waals surface area (Å²) in [4.78, 5) is 11.6. The SMILES string of the molecule is CCOc1cccc(OC(=O)OC)c1COc1cc(C)c(CC)cc1CC. The van der Waals surface area contributed by atoms with Gasteiger partial charge < -0.3 is 18.9 Å². The summed E-state index contributed by atoms with van der Waals surface area (Å²) in [5, 5.41) is 0. The number of ether oxygens (including phenoxy) is 4. The summed E-state index contributed by atoms with van der Waals surface area (Å²) in [6, 6.07) is 9.57. The summed E-state index contributed by atoms with van der Waals surface area (Å²) in [5.74, 6) is 1.83. The topological polar surface area (TPSA) is 54.0 Å². The number of rotatable bonds is 8. The van der Waals surface area contributed by atoms with Gasteiger partial charge in [-0.15, -0.1) is 0 Å². The molecular formula is C22H28O5. The van der Waals surface area contributed by atoms with Crippen molar-refractivity contribution in [3.8, 4) is 17.2 Å². The van der Waals surface area contributed by atoms with Gasteiger partial charge in [-0.1, -0.05) is 26.0 Å². The second-order valence-corrected chi connectivity index (χ2v) is 6.10. The second-order valence-electron chi connectivity index (χ2n) is 6.10. The molecule has 0 spiro atoms. The maximum absolute atomic E-state index is 11.6. The summed E-state index contributed by atoms with van der Waals surface area (Å²) in [5.41, 5.74) is 4.35. The maximum atomic E-state index is 11.6. The van der Waals surface area contributed by atoms with Crippen molar-refractivity contribution in [2.75, 3.05) is 13.7 Å². The van der Waals surface area contributed by atoms with Gasteiger partial charge in [-0.05, 0) is 61.6 Å². The lowest BCUT2D eigenvalue weighted by atomic mass is 10.0. The van der Waals surface area contributed by atoms with Crippen LogP contribution in [0.4, 0.5) is 4.79 Å². The molecule has 0 N–H and O–H groups in total. The molecule has 0 unspecified atom stereocenters. The molecule has 0 bridgehead atoms. The predicted octanol–water partition coefficient (Wildman–Crippen LogP) is 5.24. The van der Waals surface area contributed by atoms with E-state index in [9.17, 15) is 4.79 Å². The van der Waals surface area contributed by atoms with Crippen molar-refractivity contribution in [1.82, 2.24) is 0 Å². The minimum Gasteiger partial charge on any atom is -0.493 e. The third kappa shape index (κ3) is 5.16. The van der Waals surface area contributed by atoms with Crippen molar-refractivity contribution in [2.45, 2.75) is 47.1 Å². The second kappa shape index (κ2) is 9.86. The van der Waals surface area contributed by atoms with Crippen LogP contribution in [-0.4, -0.2) is 19.9 Å². The Morgan fingerprint density at radius 2 is 1.63 bits per heavy atom. The zero-order valence-corrected chi connectivity index (χ0v) is 16.8. The number of hydrogen-bond donors (Lipinski definition) is 0. The fourth-order valence-corrected chi connectivity index (χ4v) is 2.92. The Morgan fingerprint density at radius 3 is 2.26 bits per heavy atom. The first kappa shape index (κ1) is 20.6. The number of methoxy groups -OCH3 is 1. The fraction of sp³-hybridized carbons (Fsp3) is 0.409. The highest BCUT2D eigenvalue weighted by Gasteiger charge is 2.16. The van der Waals surface area contributed by atoms with Crippen molar-refractivity contribution in [1.29, 1.82) is 0 Å². The fourth-order valence-electron chi connectivity index (χ4n) is 2.92. The quantitative estimate of drug-likeness (QED) is 0.468. The van der Waals surface area contributed by atoms with Gasteiger partial charge in [0.1, 0.15) is 23.9 Å². The van der Waals surface area contributed by atoms with Crippen LogP contribution in [0.1, 0.15) is 43.0 Å². The van der Waals surface area contributed by atoms with E-state index in [1.54, 1.807) is 12.1 Å². The van der Waals surface area contributed by atoms with E-state index in [2.05, 4.69) is 37.6 Å². The highest BCUT2D eigenvalue weighted by atomic mass is 16.7. The predicted molar refractivity (Wildman–Crippen MR) is 105 cm³/mol. The van der Waals surface area contributed by atoms with Crippen LogP contribution in [0.3, 0.4) is 0 Å². The van der Waals surface area contributed by atoms with Crippen molar-refractivity contribution in [2.24, 2.45) is 0 Å². The Morgan fingerprint density at radius 1 is 0.926 bits per heavy atom. The molecule has 0 aliphatic rings. The van der Waals surface area contributed by atoms with E-state index in [0.29, 0.717) is 23.7 Å². The summed E-state index contributed by atoms with van der Waals surface area (Å²) >= 11 is 0. The third-order valence-electron chi connectivity index (χ3n) is 4.40. The van der Waals surface area contributed by atoms with E-state index < -0.39 is 6.16 Å². The molecule has 2 rings (SSSR count). The first-order valence-electron chi connectivity index (χ1n) is 9.29. The normalized spacial score (nSPS) is 10.4. The zero-order valence-electron chi connectivity index (χ0n) is 16.8. The van der Waals surface area contributed by atoms with Gasteiger partial charge >= 0.3 is 6.16 Å². The number of benzene rings is 2. The molecule has 0 saturated carbocycles. The van der Waals surface area contributed by atoms with Crippen molar-refractivity contribution in [3.05, 3.63) is 52.6 Å². The summed E-state index contributed by atoms with van der Waals surface area (Å²) in [6.45, 7) is 8.97. The molecule has 0 amide bonds. The molecule has 27 heavy (non-hydrogen) atoms. The molecule has 2 aromatic rings. The molecule has 0 saturated heterocycles. The molecule has 5 nitrogen and oxygen atoms in total. The molecule has 0 aliphatic heterocycles. The average molecular weight is 372 g/mol.